The molecule has 1 aromatic rings. The lowest BCUT2D eigenvalue weighted by Crippen LogP contribution is -2.35. The van der Waals surface area contributed by atoms with Crippen LogP contribution in [0.4, 0.5) is 10.1 Å². The van der Waals surface area contributed by atoms with Gasteiger partial charge in [0.25, 0.3) is 0 Å². The molecule has 4 heteroatoms. The molecule has 0 bridgehead atoms. The number of carbonyl (C=O) groups is 1. The fourth-order valence-electron chi connectivity index (χ4n) is 1.48. The molecule has 18 heavy (non-hydrogen) atoms. The lowest BCUT2D eigenvalue weighted by Gasteiger charge is -2.19. The van der Waals surface area contributed by atoms with Crippen molar-refractivity contribution in [2.75, 3.05) is 25.0 Å². The number of carbonyl (C=O) groups excluding carboxylic acids is 1. The molecule has 0 aliphatic carbocycles. The van der Waals surface area contributed by atoms with Crippen molar-refractivity contribution in [2.45, 2.75) is 0 Å². The number of benzene rings is 1. The van der Waals surface area contributed by atoms with Gasteiger partial charge in [-0.3, -0.25) is 4.79 Å². The Bertz CT molecular complexity index is 422. The zero-order valence-corrected chi connectivity index (χ0v) is 10.2. The maximum Gasteiger partial charge on any atom is 0.242 e. The number of para-hydroxylation sites is 1. The highest BCUT2D eigenvalue weighted by molar-refractivity contribution is 5.81. The maximum atomic E-state index is 13.3. The molecule has 1 N–H and O–H groups in total. The van der Waals surface area contributed by atoms with Gasteiger partial charge < -0.3 is 10.2 Å². The fourth-order valence-corrected chi connectivity index (χ4v) is 1.48. The van der Waals surface area contributed by atoms with Crippen LogP contribution in [0.25, 0.3) is 0 Å². The molecule has 0 aliphatic rings. The summed E-state index contributed by atoms with van der Waals surface area (Å²) in [6.07, 6.45) is 3.29. The summed E-state index contributed by atoms with van der Waals surface area (Å²) in [5.41, 5.74) is 0.322. The molecule has 3 nitrogen and oxygen atoms in total. The fraction of sp³-hybridized carbons (Fsp3) is 0.214. The summed E-state index contributed by atoms with van der Waals surface area (Å²) in [5.74, 6) is -0.498. The highest BCUT2D eigenvalue weighted by Crippen LogP contribution is 2.11. The minimum absolute atomic E-state index is 0.0443. The molecule has 0 unspecified atom stereocenters. The van der Waals surface area contributed by atoms with Crippen molar-refractivity contribution in [2.24, 2.45) is 0 Å². The number of amides is 1. The molecule has 0 spiro atoms. The summed E-state index contributed by atoms with van der Waals surface area (Å²) in [4.78, 5) is 13.4. The molecule has 1 aromatic carbocycles. The average Bonchev–Trinajstić information content (AvgIpc) is 2.37. The van der Waals surface area contributed by atoms with Crippen LogP contribution in [0.15, 0.2) is 49.6 Å². The molecule has 0 radical (unpaired) electrons. The Morgan fingerprint density at radius 2 is 1.89 bits per heavy atom. The van der Waals surface area contributed by atoms with E-state index in [0.717, 1.165) is 0 Å². The monoisotopic (exact) mass is 248 g/mol. The van der Waals surface area contributed by atoms with Crippen LogP contribution in [0, 0.1) is 5.82 Å². The van der Waals surface area contributed by atoms with Crippen molar-refractivity contribution in [3.8, 4) is 0 Å². The predicted molar refractivity (Wildman–Crippen MR) is 71.9 cm³/mol. The number of nitrogens with one attached hydrogen (secondary N) is 1. The molecule has 1 amide bonds. The van der Waals surface area contributed by atoms with Gasteiger partial charge in [-0.2, -0.15) is 0 Å². The number of anilines is 1. The molecule has 0 saturated carbocycles. The number of rotatable bonds is 7. The van der Waals surface area contributed by atoms with Crippen molar-refractivity contribution in [1.82, 2.24) is 4.90 Å². The van der Waals surface area contributed by atoms with Crippen LogP contribution in [-0.2, 0) is 4.79 Å². The summed E-state index contributed by atoms with van der Waals surface area (Å²) in [6.45, 7) is 8.12. The third kappa shape index (κ3) is 4.05. The summed E-state index contributed by atoms with van der Waals surface area (Å²) >= 11 is 0. The van der Waals surface area contributed by atoms with Crippen LogP contribution in [0.2, 0.25) is 0 Å². The zero-order chi connectivity index (χ0) is 13.4. The zero-order valence-electron chi connectivity index (χ0n) is 10.2. The van der Waals surface area contributed by atoms with Crippen LogP contribution in [0.5, 0.6) is 0 Å². The normalized spacial score (nSPS) is 9.61. The predicted octanol–water partition coefficient (Wildman–Crippen LogP) is 2.44. The van der Waals surface area contributed by atoms with Gasteiger partial charge in [0.05, 0.1) is 12.2 Å². The molecule has 96 valence electrons. The Morgan fingerprint density at radius 3 is 2.44 bits per heavy atom. The molecule has 0 heterocycles. The topological polar surface area (TPSA) is 32.3 Å². The molecule has 0 atom stereocenters. The number of halogens is 1. The molecule has 0 aromatic heterocycles. The third-order valence-corrected chi connectivity index (χ3v) is 2.36. The molecule has 0 fully saturated rings. The second kappa shape index (κ2) is 7.27. The van der Waals surface area contributed by atoms with Gasteiger partial charge in [0.15, 0.2) is 0 Å². The SMILES string of the molecule is C=CCN(CC=C)C(=O)CNc1ccccc1F. The Morgan fingerprint density at radius 1 is 1.28 bits per heavy atom. The van der Waals surface area contributed by atoms with Crippen LogP contribution in [-0.4, -0.2) is 30.4 Å². The van der Waals surface area contributed by atoms with E-state index in [4.69, 9.17) is 0 Å². The standard InChI is InChI=1S/C14H17FN2O/c1-3-9-17(10-4-2)14(18)11-16-13-8-6-5-7-12(13)15/h3-8,16H,1-2,9-11H2. The number of hydrogen-bond acceptors (Lipinski definition) is 2. The van der Waals surface area contributed by atoms with E-state index < -0.39 is 0 Å². The summed E-state index contributed by atoms with van der Waals surface area (Å²) in [6, 6.07) is 6.25. The quantitative estimate of drug-likeness (QED) is 0.752. The lowest BCUT2D eigenvalue weighted by molar-refractivity contribution is -0.128. The van der Waals surface area contributed by atoms with E-state index in [9.17, 15) is 9.18 Å². The van der Waals surface area contributed by atoms with Crippen molar-refractivity contribution in [3.63, 3.8) is 0 Å². The van der Waals surface area contributed by atoms with E-state index >= 15 is 0 Å². The smallest absolute Gasteiger partial charge is 0.242 e. The van der Waals surface area contributed by atoms with Crippen LogP contribution >= 0.6 is 0 Å². The van der Waals surface area contributed by atoms with Crippen LogP contribution in [0.3, 0.4) is 0 Å². The number of hydrogen-bond donors (Lipinski definition) is 1. The molecule has 1 rings (SSSR count). The van der Waals surface area contributed by atoms with E-state index in [2.05, 4.69) is 18.5 Å². The van der Waals surface area contributed by atoms with E-state index in [-0.39, 0.29) is 18.3 Å². The Labute approximate surface area is 107 Å². The first-order valence-electron chi connectivity index (χ1n) is 5.67. The second-order valence-corrected chi connectivity index (χ2v) is 3.71. The Kier molecular flexibility index (Phi) is 5.64. The minimum atomic E-state index is -0.371. The lowest BCUT2D eigenvalue weighted by atomic mass is 10.3. The second-order valence-electron chi connectivity index (χ2n) is 3.71. The van der Waals surface area contributed by atoms with Crippen molar-refractivity contribution >= 4 is 11.6 Å². The highest BCUT2D eigenvalue weighted by atomic mass is 19.1. The Hall–Kier alpha value is -2.10. The Balaban J connectivity index is 2.56. The van der Waals surface area contributed by atoms with Gasteiger partial charge in [-0.15, -0.1) is 13.2 Å². The van der Waals surface area contributed by atoms with Gasteiger partial charge in [-0.1, -0.05) is 24.3 Å². The highest BCUT2D eigenvalue weighted by Gasteiger charge is 2.10. The molecule has 0 aliphatic heterocycles. The molecular formula is C14H17FN2O. The first-order valence-corrected chi connectivity index (χ1v) is 5.67. The third-order valence-electron chi connectivity index (χ3n) is 2.36. The molecular weight excluding hydrogens is 231 g/mol. The van der Waals surface area contributed by atoms with E-state index in [1.54, 1.807) is 35.3 Å². The van der Waals surface area contributed by atoms with E-state index in [0.29, 0.717) is 18.8 Å². The van der Waals surface area contributed by atoms with Gasteiger partial charge >= 0.3 is 0 Å². The first-order chi connectivity index (χ1) is 8.69. The van der Waals surface area contributed by atoms with Gasteiger partial charge in [-0.05, 0) is 12.1 Å². The van der Waals surface area contributed by atoms with Crippen molar-refractivity contribution in [3.05, 3.63) is 55.4 Å². The average molecular weight is 248 g/mol. The minimum Gasteiger partial charge on any atom is -0.374 e. The van der Waals surface area contributed by atoms with Crippen LogP contribution in [0.1, 0.15) is 0 Å². The van der Waals surface area contributed by atoms with E-state index in [1.807, 2.05) is 0 Å². The van der Waals surface area contributed by atoms with Gasteiger partial charge in [0.1, 0.15) is 5.82 Å². The summed E-state index contributed by atoms with van der Waals surface area (Å²) in [7, 11) is 0. The van der Waals surface area contributed by atoms with Crippen molar-refractivity contribution < 1.29 is 9.18 Å². The summed E-state index contributed by atoms with van der Waals surface area (Å²) in [5, 5.41) is 2.78. The molecule has 0 saturated heterocycles. The van der Waals surface area contributed by atoms with Gasteiger partial charge in [0, 0.05) is 13.1 Å². The van der Waals surface area contributed by atoms with Gasteiger partial charge in [0.2, 0.25) is 5.91 Å². The van der Waals surface area contributed by atoms with Crippen molar-refractivity contribution in [1.29, 1.82) is 0 Å². The van der Waals surface area contributed by atoms with Crippen LogP contribution < -0.4 is 5.32 Å². The number of nitrogens with zero attached hydrogens (tertiary/aromatic N) is 1. The van der Waals surface area contributed by atoms with E-state index in [1.165, 1.54) is 6.07 Å². The van der Waals surface area contributed by atoms with Gasteiger partial charge in [-0.25, -0.2) is 4.39 Å². The maximum absolute atomic E-state index is 13.3. The largest absolute Gasteiger partial charge is 0.374 e. The first kappa shape index (κ1) is 14.0. The summed E-state index contributed by atoms with van der Waals surface area (Å²) < 4.78 is 13.3.